The zero-order chi connectivity index (χ0) is 57.8. The Hall–Kier alpha value is -7.89. The van der Waals surface area contributed by atoms with Gasteiger partial charge in [-0.2, -0.15) is 0 Å². The van der Waals surface area contributed by atoms with E-state index in [0.29, 0.717) is 103 Å². The first-order valence-electron chi connectivity index (χ1n) is 27.0. The van der Waals surface area contributed by atoms with E-state index in [4.69, 9.17) is 26.1 Å². The highest BCUT2D eigenvalue weighted by Crippen LogP contribution is 2.35. The molecule has 1 fully saturated rings. The van der Waals surface area contributed by atoms with E-state index in [1.807, 2.05) is 57.5 Å². The second-order valence-corrected chi connectivity index (χ2v) is 22.1. The molecule has 0 unspecified atom stereocenters. The number of nitrogens with one attached hydrogen (secondary N) is 5. The molecular formula is C59H64ClF2N13O6S. The number of benzene rings is 4. The summed E-state index contributed by atoms with van der Waals surface area (Å²) in [5.74, 6) is -2.23. The fourth-order valence-corrected chi connectivity index (χ4v) is 10.5. The number of halogens is 3. The molecule has 0 saturated carbocycles. The van der Waals surface area contributed by atoms with E-state index in [0.717, 1.165) is 21.7 Å². The summed E-state index contributed by atoms with van der Waals surface area (Å²) in [5.41, 5.74) is 8.05. The molecule has 82 heavy (non-hydrogen) atoms. The van der Waals surface area contributed by atoms with Gasteiger partial charge in [-0.05, 0) is 84.8 Å². The van der Waals surface area contributed by atoms with E-state index in [-0.39, 0.29) is 73.6 Å². The first kappa shape index (κ1) is 58.8. The number of ether oxygens (including phenoxy) is 2. The molecule has 9 rings (SSSR count). The molecule has 19 nitrogen and oxygen atoms in total. The number of amides is 4. The summed E-state index contributed by atoms with van der Waals surface area (Å²) >= 11 is 7.95. The van der Waals surface area contributed by atoms with Crippen LogP contribution in [0.25, 0.3) is 21.7 Å². The molecular weight excluding hydrogens is 1090 g/mol. The zero-order valence-corrected chi connectivity index (χ0v) is 47.5. The van der Waals surface area contributed by atoms with Gasteiger partial charge >= 0.3 is 0 Å². The van der Waals surface area contributed by atoms with Crippen LogP contribution in [0, 0.1) is 24.0 Å². The van der Waals surface area contributed by atoms with Gasteiger partial charge in [0.25, 0.3) is 5.91 Å². The number of nitrogens with zero attached hydrogens (tertiary/aromatic N) is 8. The maximum absolute atomic E-state index is 15.0. The van der Waals surface area contributed by atoms with Crippen LogP contribution >= 0.6 is 22.9 Å². The van der Waals surface area contributed by atoms with E-state index in [2.05, 4.69) is 51.9 Å². The maximum Gasteiger partial charge on any atom is 0.251 e. The summed E-state index contributed by atoms with van der Waals surface area (Å²) < 4.78 is 43.0. The summed E-state index contributed by atoms with van der Waals surface area (Å²) in [6, 6.07) is 22.1. The number of hydrogen-bond acceptors (Lipinski definition) is 15. The molecule has 1 saturated heterocycles. The van der Waals surface area contributed by atoms with Gasteiger partial charge in [0.15, 0.2) is 0 Å². The number of carbonyl (C=O) groups is 4. The van der Waals surface area contributed by atoms with Crippen molar-refractivity contribution in [2.75, 3.05) is 51.3 Å². The number of rotatable bonds is 24. The minimum Gasteiger partial charge on any atom is -0.377 e. The van der Waals surface area contributed by atoms with Crippen molar-refractivity contribution in [3.8, 4) is 21.7 Å². The monoisotopic (exact) mass is 1160 g/mol. The number of aryl methyl sites for hydroxylation is 1. The fraction of sp³-hybridized carbons (Fsp3) is 0.356. The van der Waals surface area contributed by atoms with Crippen LogP contribution in [0.3, 0.4) is 0 Å². The molecule has 3 aromatic heterocycles. The van der Waals surface area contributed by atoms with Crippen LogP contribution in [0.2, 0.25) is 5.02 Å². The minimum atomic E-state index is -0.812. The van der Waals surface area contributed by atoms with Crippen molar-refractivity contribution in [1.82, 2.24) is 56.1 Å². The second kappa shape index (κ2) is 27.3. The molecule has 2 aliphatic heterocycles. The molecule has 5 heterocycles. The van der Waals surface area contributed by atoms with Crippen molar-refractivity contribution in [3.05, 3.63) is 159 Å². The quantitative estimate of drug-likeness (QED) is 0.0362. The van der Waals surface area contributed by atoms with Gasteiger partial charge in [0.05, 0.1) is 78.8 Å². The van der Waals surface area contributed by atoms with Gasteiger partial charge in [-0.15, -0.1) is 16.4 Å². The van der Waals surface area contributed by atoms with Crippen LogP contribution in [0.4, 0.5) is 20.4 Å². The normalized spacial score (nSPS) is 14.3. The lowest BCUT2D eigenvalue weighted by Gasteiger charge is -2.35. The highest BCUT2D eigenvalue weighted by atomic mass is 35.5. The largest absolute Gasteiger partial charge is 0.377 e. The fourth-order valence-electron chi connectivity index (χ4n) is 9.54. The number of carbonyl (C=O) groups excluding carboxylic acids is 4. The Morgan fingerprint density at radius 3 is 2.43 bits per heavy atom. The van der Waals surface area contributed by atoms with Gasteiger partial charge in [-0.3, -0.25) is 28.9 Å². The van der Waals surface area contributed by atoms with Gasteiger partial charge in [0.2, 0.25) is 23.7 Å². The third-order valence-corrected chi connectivity index (χ3v) is 15.1. The summed E-state index contributed by atoms with van der Waals surface area (Å²) in [4.78, 5) is 74.4. The topological polar surface area (TPSA) is 232 Å². The molecule has 0 radical (unpaired) electrons. The van der Waals surface area contributed by atoms with Crippen LogP contribution in [-0.2, 0) is 50.1 Å². The Kier molecular flexibility index (Phi) is 19.5. The van der Waals surface area contributed by atoms with Gasteiger partial charge in [-0.1, -0.05) is 74.0 Å². The predicted octanol–water partition coefficient (Wildman–Crippen LogP) is 7.97. The maximum atomic E-state index is 15.0. The SMILES string of the molecule is Cc1ncsc1-c1ccc(CNC(=O)[C@@H]2CCCN2C(=O)[C@@H](NC(=O)CCNCCn2cc(COCCOCCNC(=O)c3ccc(Nc4ncc5c(n4)-c4ccc(Cl)cc4C(c4c(F)cccc4F)=NC5)cc3)nn2)C(C)(C)C)cc1. The van der Waals surface area contributed by atoms with Gasteiger partial charge in [0, 0.05) is 78.3 Å². The Balaban J connectivity index is 0.629. The predicted molar refractivity (Wildman–Crippen MR) is 308 cm³/mol. The summed E-state index contributed by atoms with van der Waals surface area (Å²) in [6.45, 7) is 11.4. The number of fused-ring (bicyclic) bond motifs is 3. The summed E-state index contributed by atoms with van der Waals surface area (Å²) in [7, 11) is 0. The number of hydrogen-bond donors (Lipinski definition) is 5. The van der Waals surface area contributed by atoms with Crippen LogP contribution in [-0.4, -0.2) is 122 Å². The molecule has 7 aromatic rings. The first-order valence-corrected chi connectivity index (χ1v) is 28.3. The Morgan fingerprint density at radius 2 is 1.67 bits per heavy atom. The third-order valence-electron chi connectivity index (χ3n) is 13.8. The molecule has 23 heteroatoms. The number of aromatic nitrogens is 6. The lowest BCUT2D eigenvalue weighted by Crippen LogP contribution is -2.57. The molecule has 2 atom stereocenters. The van der Waals surface area contributed by atoms with Gasteiger partial charge in [0.1, 0.15) is 29.4 Å². The minimum absolute atomic E-state index is 0.0844. The molecule has 2 aliphatic rings. The Morgan fingerprint density at radius 1 is 0.890 bits per heavy atom. The zero-order valence-electron chi connectivity index (χ0n) is 45.9. The molecule has 0 spiro atoms. The molecule has 0 bridgehead atoms. The van der Waals surface area contributed by atoms with Crippen LogP contribution < -0.4 is 26.6 Å². The number of thiazole rings is 1. The smallest absolute Gasteiger partial charge is 0.251 e. The van der Waals surface area contributed by atoms with Crippen molar-refractivity contribution >= 4 is 63.9 Å². The first-order chi connectivity index (χ1) is 39.6. The molecule has 4 amide bonds. The van der Waals surface area contributed by atoms with Crippen molar-refractivity contribution in [2.24, 2.45) is 10.4 Å². The average Bonchev–Trinajstić information content (AvgIpc) is 4.41. The Labute approximate surface area is 482 Å². The average molecular weight is 1160 g/mol. The van der Waals surface area contributed by atoms with E-state index in [1.165, 1.54) is 18.2 Å². The molecule has 4 aromatic carbocycles. The van der Waals surface area contributed by atoms with Gasteiger partial charge < -0.3 is 41.0 Å². The lowest BCUT2D eigenvalue weighted by molar-refractivity contribution is -0.143. The number of likely N-dealkylation sites (tertiary alicyclic amines) is 1. The molecule has 0 aliphatic carbocycles. The lowest BCUT2D eigenvalue weighted by atomic mass is 9.85. The van der Waals surface area contributed by atoms with Crippen molar-refractivity contribution in [2.45, 2.75) is 85.3 Å². The van der Waals surface area contributed by atoms with Crippen molar-refractivity contribution in [1.29, 1.82) is 0 Å². The summed E-state index contributed by atoms with van der Waals surface area (Å²) in [6.07, 6.45) is 4.81. The van der Waals surface area contributed by atoms with Crippen molar-refractivity contribution < 1.29 is 37.4 Å². The highest BCUT2D eigenvalue weighted by molar-refractivity contribution is 7.13. The van der Waals surface area contributed by atoms with E-state index in [1.54, 1.807) is 75.8 Å². The van der Waals surface area contributed by atoms with Crippen molar-refractivity contribution in [3.63, 3.8) is 0 Å². The van der Waals surface area contributed by atoms with E-state index in [9.17, 15) is 28.0 Å². The Bertz CT molecular complexity index is 3410. The van der Waals surface area contributed by atoms with Gasteiger partial charge in [-0.25, -0.2) is 23.7 Å². The van der Waals surface area contributed by atoms with Crippen LogP contribution in [0.1, 0.15) is 84.0 Å². The molecule has 428 valence electrons. The molecule has 5 N–H and O–H groups in total. The third kappa shape index (κ3) is 15.0. The second-order valence-electron chi connectivity index (χ2n) is 20.9. The standard InChI is InChI=1S/C59H64ClF2N13O6S/c1-36-53(82-35-68-36)38-12-10-37(11-13-38)30-66-56(78)48-9-6-24-75(48)57(79)54(59(2,3)4)70-49(76)20-21-63-22-25-74-33-43(72-73-74)34-81-28-27-80-26-23-64-55(77)39-14-17-42(18-15-39)69-58-67-32-40-31-65-52(50-46(61)7-5-8-47(50)62)45-29-41(60)16-19-44(45)51(40)71-58/h5,7-8,10-19,29,32-33,35,48,54,63H,6,9,20-28,30-31,34H2,1-4H3,(H,64,77)(H,66,78)(H,70,76)(H,67,69,71)/t48-,54+/m0/s1. The van der Waals surface area contributed by atoms with E-state index < -0.39 is 29.1 Å². The number of aliphatic imine (C=N–C) groups is 1. The highest BCUT2D eigenvalue weighted by Gasteiger charge is 2.42. The van der Waals surface area contributed by atoms with E-state index >= 15 is 0 Å². The number of anilines is 2. The van der Waals surface area contributed by atoms with Crippen LogP contribution in [0.15, 0.2) is 108 Å². The van der Waals surface area contributed by atoms with Crippen LogP contribution in [0.5, 0.6) is 0 Å². The summed E-state index contributed by atoms with van der Waals surface area (Å²) in [5, 5.41) is 24.0.